The number of Topliss-reactive ketones (excluding diaryl/α,β-unsaturated/α-hetero) is 1. The van der Waals surface area contributed by atoms with Crippen molar-refractivity contribution in [3.63, 3.8) is 0 Å². The van der Waals surface area contributed by atoms with E-state index in [1.807, 2.05) is 54.1 Å². The summed E-state index contributed by atoms with van der Waals surface area (Å²) >= 11 is 0. The van der Waals surface area contributed by atoms with E-state index >= 15 is 0 Å². The molecule has 3 atom stereocenters. The minimum Gasteiger partial charge on any atom is -0.481 e. The molecule has 0 radical (unpaired) electrons. The van der Waals surface area contributed by atoms with E-state index in [-0.39, 0.29) is 24.0 Å². The predicted octanol–water partition coefficient (Wildman–Crippen LogP) is 4.13. The highest BCUT2D eigenvalue weighted by atomic mass is 16.4. The number of carbonyl (C=O) groups excluding carboxylic acids is 1. The number of carboxylic acid groups (broad SMARTS) is 1. The Morgan fingerprint density at radius 1 is 1.37 bits per heavy atom. The van der Waals surface area contributed by atoms with Crippen LogP contribution < -0.4 is 0 Å². The number of carboxylic acids is 1. The monoisotopic (exact) mass is 408 g/mol. The molecule has 1 saturated carbocycles. The number of aliphatic hydroxyl groups is 1. The molecule has 0 spiro atoms. The smallest absolute Gasteiger partial charge is 0.303 e. The Balaban J connectivity index is 1.66. The zero-order valence-electron chi connectivity index (χ0n) is 17.2. The number of benzene rings is 1. The number of aryl methyl sites for hydroxylation is 1. The van der Waals surface area contributed by atoms with Crippen LogP contribution >= 0.6 is 0 Å². The van der Waals surface area contributed by atoms with Crippen molar-refractivity contribution in [2.45, 2.75) is 38.2 Å². The minimum absolute atomic E-state index is 0.120. The molecular formula is C24H28N2O4. The van der Waals surface area contributed by atoms with Gasteiger partial charge in [0.05, 0.1) is 11.0 Å². The molecule has 0 aliphatic heterocycles. The molecular weight excluding hydrogens is 380 g/mol. The number of nitrogens with zero attached hydrogens (tertiary/aromatic N) is 2. The van der Waals surface area contributed by atoms with Gasteiger partial charge in [0, 0.05) is 31.7 Å². The van der Waals surface area contributed by atoms with Crippen molar-refractivity contribution >= 4 is 22.8 Å². The third kappa shape index (κ3) is 4.94. The second-order valence-electron chi connectivity index (χ2n) is 7.77. The number of aliphatic hydroxyl groups excluding tert-OH is 1. The molecule has 6 nitrogen and oxygen atoms in total. The summed E-state index contributed by atoms with van der Waals surface area (Å²) in [5.74, 6) is -0.406. The number of carbonyl (C=O) groups is 2. The first-order chi connectivity index (χ1) is 14.4. The molecule has 1 fully saturated rings. The molecule has 0 saturated heterocycles. The van der Waals surface area contributed by atoms with Gasteiger partial charge in [0.1, 0.15) is 17.7 Å². The number of aromatic nitrogens is 2. The maximum Gasteiger partial charge on any atom is 0.303 e. The SMILES string of the molecule is C=C1CC(=O)[C@H](CC=CCCCC(=O)O)[C@H]1C=C[C@@H](O)c1nc2ccccc2n1C. The van der Waals surface area contributed by atoms with Crippen LogP contribution in [-0.2, 0) is 16.6 Å². The number of fused-ring (bicyclic) bond motifs is 1. The highest BCUT2D eigenvalue weighted by Crippen LogP contribution is 2.37. The van der Waals surface area contributed by atoms with Gasteiger partial charge in [0.2, 0.25) is 0 Å². The summed E-state index contributed by atoms with van der Waals surface area (Å²) in [6.07, 6.45) is 8.94. The Kier molecular flexibility index (Phi) is 7.00. The van der Waals surface area contributed by atoms with Crippen molar-refractivity contribution in [2.24, 2.45) is 18.9 Å². The number of para-hydroxylation sites is 2. The summed E-state index contributed by atoms with van der Waals surface area (Å²) in [6.45, 7) is 4.05. The third-order valence-corrected chi connectivity index (χ3v) is 5.62. The summed E-state index contributed by atoms with van der Waals surface area (Å²) in [5.41, 5.74) is 2.64. The van der Waals surface area contributed by atoms with E-state index in [1.54, 1.807) is 6.08 Å². The van der Waals surface area contributed by atoms with Crippen LogP contribution in [0.15, 0.2) is 60.7 Å². The molecule has 30 heavy (non-hydrogen) atoms. The molecule has 6 heteroatoms. The average Bonchev–Trinajstić information content (AvgIpc) is 3.18. The Bertz CT molecular complexity index is 1000. The minimum atomic E-state index is -0.877. The van der Waals surface area contributed by atoms with Crippen LogP contribution in [0.3, 0.4) is 0 Å². The molecule has 1 aromatic carbocycles. The molecule has 2 aromatic rings. The molecule has 0 bridgehead atoms. The van der Waals surface area contributed by atoms with Gasteiger partial charge in [-0.15, -0.1) is 0 Å². The van der Waals surface area contributed by atoms with E-state index in [0.717, 1.165) is 16.6 Å². The maximum absolute atomic E-state index is 12.4. The fraction of sp³-hybridized carbons (Fsp3) is 0.375. The van der Waals surface area contributed by atoms with Gasteiger partial charge in [-0.25, -0.2) is 4.98 Å². The van der Waals surface area contributed by atoms with Crippen molar-refractivity contribution in [1.82, 2.24) is 9.55 Å². The first kappa shape index (κ1) is 21.7. The molecule has 1 heterocycles. The van der Waals surface area contributed by atoms with Crippen molar-refractivity contribution in [3.8, 4) is 0 Å². The normalized spacial score (nSPS) is 20.7. The van der Waals surface area contributed by atoms with E-state index in [0.29, 0.717) is 31.5 Å². The quantitative estimate of drug-likeness (QED) is 0.481. The molecule has 3 rings (SSSR count). The number of unbranched alkanes of at least 4 members (excludes halogenated alkanes) is 1. The molecule has 1 aliphatic carbocycles. The van der Waals surface area contributed by atoms with Gasteiger partial charge < -0.3 is 14.8 Å². The predicted molar refractivity (Wildman–Crippen MR) is 116 cm³/mol. The summed E-state index contributed by atoms with van der Waals surface area (Å²) in [4.78, 5) is 27.5. The summed E-state index contributed by atoms with van der Waals surface area (Å²) < 4.78 is 1.87. The molecule has 158 valence electrons. The summed E-state index contributed by atoms with van der Waals surface area (Å²) in [6, 6.07) is 7.71. The first-order valence-electron chi connectivity index (χ1n) is 10.2. The van der Waals surface area contributed by atoms with E-state index in [1.165, 1.54) is 0 Å². The number of allylic oxidation sites excluding steroid dienone is 4. The van der Waals surface area contributed by atoms with Crippen LogP contribution in [-0.4, -0.2) is 31.5 Å². The molecule has 1 aliphatic rings. The van der Waals surface area contributed by atoms with Crippen LogP contribution in [0.2, 0.25) is 0 Å². The van der Waals surface area contributed by atoms with Crippen molar-refractivity contribution in [2.75, 3.05) is 0 Å². The van der Waals surface area contributed by atoms with Crippen LogP contribution in [0.25, 0.3) is 11.0 Å². The Hall–Kier alpha value is -2.99. The zero-order valence-corrected chi connectivity index (χ0v) is 17.2. The Morgan fingerprint density at radius 3 is 2.87 bits per heavy atom. The van der Waals surface area contributed by atoms with Gasteiger partial charge >= 0.3 is 5.97 Å². The third-order valence-electron chi connectivity index (χ3n) is 5.62. The topological polar surface area (TPSA) is 92.4 Å². The first-order valence-corrected chi connectivity index (χ1v) is 10.2. The van der Waals surface area contributed by atoms with Crippen LogP contribution in [0.1, 0.15) is 44.0 Å². The standard InChI is InChI=1S/C24H28N2O4/c1-16-15-22(28)18(9-5-3-4-6-12-23(29)30)17(16)13-14-21(27)24-25-19-10-7-8-11-20(19)26(24)2/h3,5,7-8,10-11,13-14,17-18,21,27H,1,4,6,9,12,15H2,2H3,(H,29,30)/t17-,18+,21+/m0/s1. The number of hydrogen-bond acceptors (Lipinski definition) is 4. The second-order valence-corrected chi connectivity index (χ2v) is 7.77. The molecule has 1 aromatic heterocycles. The van der Waals surface area contributed by atoms with Gasteiger partial charge in [-0.1, -0.05) is 48.6 Å². The Morgan fingerprint density at radius 2 is 2.13 bits per heavy atom. The van der Waals surface area contributed by atoms with Crippen molar-refractivity contribution in [1.29, 1.82) is 0 Å². The van der Waals surface area contributed by atoms with Gasteiger partial charge in [0.25, 0.3) is 0 Å². The van der Waals surface area contributed by atoms with Crippen molar-refractivity contribution < 1.29 is 19.8 Å². The van der Waals surface area contributed by atoms with Crippen LogP contribution in [0.5, 0.6) is 0 Å². The number of rotatable bonds is 9. The summed E-state index contributed by atoms with van der Waals surface area (Å²) in [5, 5.41) is 19.3. The number of aliphatic carboxylic acids is 1. The lowest BCUT2D eigenvalue weighted by Gasteiger charge is -2.15. The fourth-order valence-corrected chi connectivity index (χ4v) is 3.98. The van der Waals surface area contributed by atoms with E-state index in [4.69, 9.17) is 5.11 Å². The van der Waals surface area contributed by atoms with Crippen molar-refractivity contribution in [3.05, 3.63) is 66.5 Å². The molecule has 0 unspecified atom stereocenters. The van der Waals surface area contributed by atoms with Gasteiger partial charge in [-0.3, -0.25) is 9.59 Å². The van der Waals surface area contributed by atoms with Gasteiger partial charge in [0.15, 0.2) is 0 Å². The van der Waals surface area contributed by atoms with Gasteiger partial charge in [-0.05, 0) is 31.4 Å². The van der Waals surface area contributed by atoms with Gasteiger partial charge in [-0.2, -0.15) is 0 Å². The largest absolute Gasteiger partial charge is 0.481 e. The fourth-order valence-electron chi connectivity index (χ4n) is 3.98. The lowest BCUT2D eigenvalue weighted by Crippen LogP contribution is -2.13. The maximum atomic E-state index is 12.4. The summed E-state index contributed by atoms with van der Waals surface area (Å²) in [7, 11) is 1.87. The average molecular weight is 408 g/mol. The number of hydrogen-bond donors (Lipinski definition) is 2. The lowest BCUT2D eigenvalue weighted by molar-refractivity contribution is -0.137. The van der Waals surface area contributed by atoms with Crippen LogP contribution in [0.4, 0.5) is 0 Å². The van der Waals surface area contributed by atoms with E-state index < -0.39 is 12.1 Å². The number of ketones is 1. The highest BCUT2D eigenvalue weighted by molar-refractivity contribution is 5.88. The molecule has 0 amide bonds. The van der Waals surface area contributed by atoms with E-state index in [9.17, 15) is 14.7 Å². The van der Waals surface area contributed by atoms with Crippen LogP contribution in [0, 0.1) is 11.8 Å². The Labute approximate surface area is 176 Å². The second kappa shape index (κ2) is 9.67. The molecule has 2 N–H and O–H groups in total. The number of imidazole rings is 1. The highest BCUT2D eigenvalue weighted by Gasteiger charge is 2.35. The lowest BCUT2D eigenvalue weighted by atomic mass is 9.89. The zero-order chi connectivity index (χ0) is 21.7. The van der Waals surface area contributed by atoms with E-state index in [2.05, 4.69) is 11.6 Å².